The molecule has 0 fully saturated rings. The Labute approximate surface area is 124 Å². The fourth-order valence-corrected chi connectivity index (χ4v) is 3.93. The second-order valence-electron chi connectivity index (χ2n) is 5.21. The lowest BCUT2D eigenvalue weighted by molar-refractivity contribution is 0.507. The predicted molar refractivity (Wildman–Crippen MR) is 81.1 cm³/mol. The highest BCUT2D eigenvalue weighted by Crippen LogP contribution is 2.32. The number of anilines is 1. The topological polar surface area (TPSA) is 85.1 Å². The van der Waals surface area contributed by atoms with Crippen LogP contribution in [0.4, 0.5) is 5.69 Å². The second-order valence-corrected chi connectivity index (χ2v) is 6.93. The minimum absolute atomic E-state index is 0.188. The smallest absolute Gasteiger partial charge is 0.242 e. The maximum Gasteiger partial charge on any atom is 0.242 e. The number of hydrogen-bond donors (Lipinski definition) is 2. The first-order chi connectivity index (χ1) is 10.1. The van der Waals surface area contributed by atoms with E-state index < -0.39 is 10.0 Å². The third kappa shape index (κ3) is 2.91. The Bertz CT molecular complexity index is 745. The van der Waals surface area contributed by atoms with Crippen LogP contribution in [0.1, 0.15) is 30.0 Å². The Morgan fingerprint density at radius 2 is 2.14 bits per heavy atom. The second kappa shape index (κ2) is 5.46. The number of aromatic nitrogens is 1. The summed E-state index contributed by atoms with van der Waals surface area (Å²) in [5.41, 5.74) is 8.65. The molecule has 3 rings (SSSR count). The molecule has 1 aliphatic rings. The van der Waals surface area contributed by atoms with E-state index in [9.17, 15) is 8.42 Å². The quantitative estimate of drug-likeness (QED) is 0.850. The summed E-state index contributed by atoms with van der Waals surface area (Å²) < 4.78 is 27.6. The van der Waals surface area contributed by atoms with Crippen LogP contribution in [0.3, 0.4) is 0 Å². The molecular weight excluding hydrogens is 286 g/mol. The van der Waals surface area contributed by atoms with Crippen LogP contribution in [0.25, 0.3) is 0 Å². The Morgan fingerprint density at radius 3 is 2.90 bits per heavy atom. The first-order valence-electron chi connectivity index (χ1n) is 6.87. The van der Waals surface area contributed by atoms with Crippen molar-refractivity contribution >= 4 is 15.7 Å². The molecule has 5 nitrogen and oxygen atoms in total. The van der Waals surface area contributed by atoms with Crippen molar-refractivity contribution < 1.29 is 8.42 Å². The van der Waals surface area contributed by atoms with Gasteiger partial charge in [-0.05, 0) is 54.7 Å². The van der Waals surface area contributed by atoms with Crippen molar-refractivity contribution in [3.63, 3.8) is 0 Å². The minimum Gasteiger partial charge on any atom is -0.399 e. The SMILES string of the molecule is Nc1ccc2c(c1)CCCC2NS(=O)(=O)c1cccnc1. The van der Waals surface area contributed by atoms with Crippen molar-refractivity contribution in [1.29, 1.82) is 0 Å². The van der Waals surface area contributed by atoms with Crippen LogP contribution in [0, 0.1) is 0 Å². The third-order valence-electron chi connectivity index (χ3n) is 3.72. The molecule has 1 atom stereocenters. The first-order valence-corrected chi connectivity index (χ1v) is 8.35. The molecule has 0 radical (unpaired) electrons. The van der Waals surface area contributed by atoms with Gasteiger partial charge in [0.05, 0.1) is 0 Å². The number of sulfonamides is 1. The summed E-state index contributed by atoms with van der Waals surface area (Å²) in [4.78, 5) is 4.05. The highest BCUT2D eigenvalue weighted by molar-refractivity contribution is 7.89. The standard InChI is InChI=1S/C15H17N3O2S/c16-12-6-7-14-11(9-12)3-1-5-15(14)18-21(19,20)13-4-2-8-17-10-13/h2,4,6-10,15,18H,1,3,5,16H2. The van der Waals surface area contributed by atoms with Gasteiger partial charge in [0, 0.05) is 24.1 Å². The fraction of sp³-hybridized carbons (Fsp3) is 0.267. The van der Waals surface area contributed by atoms with E-state index >= 15 is 0 Å². The van der Waals surface area contributed by atoms with Gasteiger partial charge in [-0.2, -0.15) is 0 Å². The average Bonchev–Trinajstić information content (AvgIpc) is 2.48. The summed E-state index contributed by atoms with van der Waals surface area (Å²) in [6, 6.07) is 8.61. The van der Waals surface area contributed by atoms with Crippen LogP contribution < -0.4 is 10.5 Å². The predicted octanol–water partition coefficient (Wildman–Crippen LogP) is 2.02. The van der Waals surface area contributed by atoms with Crippen LogP contribution in [0.2, 0.25) is 0 Å². The monoisotopic (exact) mass is 303 g/mol. The minimum atomic E-state index is -3.56. The molecule has 110 valence electrons. The lowest BCUT2D eigenvalue weighted by Gasteiger charge is -2.26. The largest absolute Gasteiger partial charge is 0.399 e. The van der Waals surface area contributed by atoms with E-state index in [4.69, 9.17) is 5.73 Å². The Hall–Kier alpha value is -1.92. The Morgan fingerprint density at radius 1 is 1.29 bits per heavy atom. The Balaban J connectivity index is 1.90. The highest BCUT2D eigenvalue weighted by atomic mass is 32.2. The highest BCUT2D eigenvalue weighted by Gasteiger charge is 2.25. The molecule has 0 bridgehead atoms. The summed E-state index contributed by atoms with van der Waals surface area (Å²) in [6.45, 7) is 0. The molecule has 0 aliphatic heterocycles. The molecule has 0 spiro atoms. The normalized spacial score (nSPS) is 18.2. The molecule has 0 saturated carbocycles. The van der Waals surface area contributed by atoms with Gasteiger partial charge in [-0.1, -0.05) is 6.07 Å². The van der Waals surface area contributed by atoms with Crippen LogP contribution >= 0.6 is 0 Å². The van der Waals surface area contributed by atoms with Crippen molar-refractivity contribution in [2.24, 2.45) is 0 Å². The van der Waals surface area contributed by atoms with E-state index in [0.29, 0.717) is 5.69 Å². The molecule has 3 N–H and O–H groups in total. The molecule has 6 heteroatoms. The number of rotatable bonds is 3. The number of benzene rings is 1. The van der Waals surface area contributed by atoms with Crippen molar-refractivity contribution in [2.45, 2.75) is 30.2 Å². The van der Waals surface area contributed by atoms with Gasteiger partial charge in [-0.15, -0.1) is 0 Å². The maximum absolute atomic E-state index is 12.4. The van der Waals surface area contributed by atoms with Crippen LogP contribution in [-0.4, -0.2) is 13.4 Å². The number of aryl methyl sites for hydroxylation is 1. The molecule has 1 unspecified atom stereocenters. The zero-order chi connectivity index (χ0) is 14.9. The van der Waals surface area contributed by atoms with Crippen molar-refractivity contribution in [3.8, 4) is 0 Å². The molecule has 1 aromatic heterocycles. The van der Waals surface area contributed by atoms with Gasteiger partial charge >= 0.3 is 0 Å². The number of nitrogens with two attached hydrogens (primary N) is 1. The van der Waals surface area contributed by atoms with Crippen LogP contribution in [0.15, 0.2) is 47.6 Å². The zero-order valence-electron chi connectivity index (χ0n) is 11.5. The molecule has 2 aromatic rings. The molecule has 1 heterocycles. The maximum atomic E-state index is 12.4. The summed E-state index contributed by atoms with van der Waals surface area (Å²) >= 11 is 0. The van der Waals surface area contributed by atoms with Crippen LogP contribution in [0.5, 0.6) is 0 Å². The van der Waals surface area contributed by atoms with E-state index in [0.717, 1.165) is 30.4 Å². The number of fused-ring (bicyclic) bond motifs is 1. The lowest BCUT2D eigenvalue weighted by Crippen LogP contribution is -2.31. The molecule has 1 aromatic carbocycles. The van der Waals surface area contributed by atoms with Gasteiger partial charge in [0.2, 0.25) is 10.0 Å². The summed E-state index contributed by atoms with van der Waals surface area (Å²) in [7, 11) is -3.56. The zero-order valence-corrected chi connectivity index (χ0v) is 12.3. The van der Waals surface area contributed by atoms with E-state index in [1.54, 1.807) is 18.3 Å². The fourth-order valence-electron chi connectivity index (χ4n) is 2.72. The van der Waals surface area contributed by atoms with Gasteiger partial charge < -0.3 is 5.73 Å². The summed E-state index contributed by atoms with van der Waals surface area (Å²) in [5.74, 6) is 0. The number of pyridine rings is 1. The molecule has 1 aliphatic carbocycles. The average molecular weight is 303 g/mol. The number of hydrogen-bond acceptors (Lipinski definition) is 4. The Kier molecular flexibility index (Phi) is 3.65. The number of nitrogens with zero attached hydrogens (tertiary/aromatic N) is 1. The van der Waals surface area contributed by atoms with Crippen molar-refractivity contribution in [2.75, 3.05) is 5.73 Å². The van der Waals surface area contributed by atoms with Gasteiger partial charge in [0.25, 0.3) is 0 Å². The van der Waals surface area contributed by atoms with E-state index in [1.165, 1.54) is 6.20 Å². The van der Waals surface area contributed by atoms with Gasteiger partial charge in [-0.25, -0.2) is 13.1 Å². The molecule has 0 amide bonds. The van der Waals surface area contributed by atoms with E-state index in [2.05, 4.69) is 9.71 Å². The van der Waals surface area contributed by atoms with Gasteiger partial charge in [0.15, 0.2) is 0 Å². The van der Waals surface area contributed by atoms with Gasteiger partial charge in [0.1, 0.15) is 4.90 Å². The molecule has 0 saturated heterocycles. The number of nitrogen functional groups attached to an aromatic ring is 1. The first kappa shape index (κ1) is 14.0. The van der Waals surface area contributed by atoms with Gasteiger partial charge in [-0.3, -0.25) is 4.98 Å². The third-order valence-corrected chi connectivity index (χ3v) is 5.18. The van der Waals surface area contributed by atoms with Crippen molar-refractivity contribution in [3.05, 3.63) is 53.9 Å². The van der Waals surface area contributed by atoms with Crippen molar-refractivity contribution in [1.82, 2.24) is 9.71 Å². The number of nitrogens with one attached hydrogen (secondary N) is 1. The van der Waals surface area contributed by atoms with E-state index in [-0.39, 0.29) is 10.9 Å². The summed E-state index contributed by atoms with van der Waals surface area (Å²) in [6.07, 6.45) is 5.57. The molecule has 21 heavy (non-hydrogen) atoms. The molecular formula is C15H17N3O2S. The van der Waals surface area contributed by atoms with E-state index in [1.807, 2.05) is 18.2 Å². The van der Waals surface area contributed by atoms with Crippen LogP contribution in [-0.2, 0) is 16.4 Å². The summed E-state index contributed by atoms with van der Waals surface area (Å²) in [5, 5.41) is 0. The lowest BCUT2D eigenvalue weighted by atomic mass is 9.88.